The number of benzene rings is 2. The highest BCUT2D eigenvalue weighted by atomic mass is 16.5. The molecule has 0 radical (unpaired) electrons. The van der Waals surface area contributed by atoms with Gasteiger partial charge in [-0.05, 0) is 48.7 Å². The Hall–Kier alpha value is -1.96. The molecule has 20 heavy (non-hydrogen) atoms. The van der Waals surface area contributed by atoms with Gasteiger partial charge >= 0.3 is 0 Å². The molecule has 2 aromatic carbocycles. The number of nitrogen functional groups attached to an aromatic ring is 1. The van der Waals surface area contributed by atoms with Crippen LogP contribution in [0.1, 0.15) is 38.2 Å². The number of anilines is 1. The third-order valence-electron chi connectivity index (χ3n) is 3.38. The molecule has 0 aliphatic heterocycles. The van der Waals surface area contributed by atoms with Crippen LogP contribution in [0.3, 0.4) is 0 Å². The summed E-state index contributed by atoms with van der Waals surface area (Å²) in [6.07, 6.45) is 6.15. The lowest BCUT2D eigenvalue weighted by atomic mass is 10.1. The minimum Gasteiger partial charge on any atom is -0.457 e. The molecule has 0 unspecified atom stereocenters. The third-order valence-corrected chi connectivity index (χ3v) is 3.38. The fraction of sp³-hybridized carbons (Fsp3) is 0.333. The van der Waals surface area contributed by atoms with Gasteiger partial charge in [0.2, 0.25) is 0 Å². The average Bonchev–Trinajstić information content (AvgIpc) is 2.47. The topological polar surface area (TPSA) is 35.2 Å². The highest BCUT2D eigenvalue weighted by molar-refractivity contribution is 5.44. The standard InChI is InChI=1S/C18H23NO/c1-2-3-4-5-8-15-9-6-7-10-18(15)20-17-13-11-16(19)12-14-17/h6-7,9-14H,2-5,8,19H2,1H3. The summed E-state index contributed by atoms with van der Waals surface area (Å²) < 4.78 is 5.97. The van der Waals surface area contributed by atoms with E-state index >= 15 is 0 Å². The molecule has 2 nitrogen and oxygen atoms in total. The van der Waals surface area contributed by atoms with E-state index in [1.165, 1.54) is 31.2 Å². The van der Waals surface area contributed by atoms with Crippen molar-refractivity contribution in [1.29, 1.82) is 0 Å². The number of rotatable bonds is 7. The van der Waals surface area contributed by atoms with Crippen molar-refractivity contribution in [1.82, 2.24) is 0 Å². The molecular weight excluding hydrogens is 246 g/mol. The Morgan fingerprint density at radius 2 is 1.65 bits per heavy atom. The maximum absolute atomic E-state index is 5.97. The van der Waals surface area contributed by atoms with Crippen LogP contribution in [-0.2, 0) is 6.42 Å². The number of unbranched alkanes of at least 4 members (excludes halogenated alkanes) is 3. The van der Waals surface area contributed by atoms with Gasteiger partial charge in [0.05, 0.1) is 0 Å². The predicted octanol–water partition coefficient (Wildman–Crippen LogP) is 5.18. The number of ether oxygens (including phenoxy) is 1. The summed E-state index contributed by atoms with van der Waals surface area (Å²) in [5, 5.41) is 0. The number of nitrogens with two attached hydrogens (primary N) is 1. The fourth-order valence-electron chi connectivity index (χ4n) is 2.21. The molecule has 2 rings (SSSR count). The van der Waals surface area contributed by atoms with Crippen LogP contribution in [0, 0.1) is 0 Å². The molecule has 0 fully saturated rings. The zero-order valence-electron chi connectivity index (χ0n) is 12.1. The van der Waals surface area contributed by atoms with Gasteiger partial charge in [0, 0.05) is 5.69 Å². The fourth-order valence-corrected chi connectivity index (χ4v) is 2.21. The maximum atomic E-state index is 5.97. The van der Waals surface area contributed by atoms with Gasteiger partial charge in [-0.15, -0.1) is 0 Å². The first-order valence-corrected chi connectivity index (χ1v) is 7.41. The first-order chi connectivity index (χ1) is 9.79. The zero-order valence-corrected chi connectivity index (χ0v) is 12.1. The molecule has 0 aromatic heterocycles. The molecule has 0 saturated heterocycles. The Balaban J connectivity index is 2.01. The van der Waals surface area contributed by atoms with Crippen LogP contribution < -0.4 is 10.5 Å². The molecule has 0 heterocycles. The van der Waals surface area contributed by atoms with Gasteiger partial charge in [-0.2, -0.15) is 0 Å². The molecule has 2 heteroatoms. The highest BCUT2D eigenvalue weighted by Crippen LogP contribution is 2.27. The van der Waals surface area contributed by atoms with E-state index in [0.717, 1.165) is 23.6 Å². The largest absolute Gasteiger partial charge is 0.457 e. The van der Waals surface area contributed by atoms with Gasteiger partial charge in [-0.1, -0.05) is 44.4 Å². The Morgan fingerprint density at radius 3 is 2.40 bits per heavy atom. The van der Waals surface area contributed by atoms with E-state index in [-0.39, 0.29) is 0 Å². The molecule has 0 aliphatic carbocycles. The maximum Gasteiger partial charge on any atom is 0.130 e. The summed E-state index contributed by atoms with van der Waals surface area (Å²) in [6.45, 7) is 2.23. The monoisotopic (exact) mass is 269 g/mol. The van der Waals surface area contributed by atoms with Crippen LogP contribution in [0.4, 0.5) is 5.69 Å². The smallest absolute Gasteiger partial charge is 0.130 e. The van der Waals surface area contributed by atoms with Gasteiger partial charge in [0.15, 0.2) is 0 Å². The van der Waals surface area contributed by atoms with E-state index in [2.05, 4.69) is 19.1 Å². The summed E-state index contributed by atoms with van der Waals surface area (Å²) >= 11 is 0. The molecule has 2 N–H and O–H groups in total. The molecule has 0 aliphatic rings. The zero-order chi connectivity index (χ0) is 14.2. The number of aryl methyl sites for hydroxylation is 1. The van der Waals surface area contributed by atoms with E-state index < -0.39 is 0 Å². The molecule has 106 valence electrons. The van der Waals surface area contributed by atoms with E-state index in [9.17, 15) is 0 Å². The second-order valence-electron chi connectivity index (χ2n) is 5.09. The SMILES string of the molecule is CCCCCCc1ccccc1Oc1ccc(N)cc1. The summed E-state index contributed by atoms with van der Waals surface area (Å²) in [7, 11) is 0. The van der Waals surface area contributed by atoms with Crippen molar-refractivity contribution in [2.45, 2.75) is 39.0 Å². The second kappa shape index (κ2) is 7.59. The van der Waals surface area contributed by atoms with Crippen molar-refractivity contribution in [3.63, 3.8) is 0 Å². The molecule has 0 bridgehead atoms. The molecule has 0 atom stereocenters. The Kier molecular flexibility index (Phi) is 5.48. The third kappa shape index (κ3) is 4.30. The average molecular weight is 269 g/mol. The number of para-hydroxylation sites is 1. The Labute approximate surface area is 121 Å². The minimum absolute atomic E-state index is 0.755. The van der Waals surface area contributed by atoms with E-state index in [1.807, 2.05) is 36.4 Å². The first-order valence-electron chi connectivity index (χ1n) is 7.41. The molecule has 0 saturated carbocycles. The normalized spacial score (nSPS) is 10.4. The first kappa shape index (κ1) is 14.4. The van der Waals surface area contributed by atoms with Crippen molar-refractivity contribution in [3.05, 3.63) is 54.1 Å². The number of hydrogen-bond acceptors (Lipinski definition) is 2. The van der Waals surface area contributed by atoms with Crippen molar-refractivity contribution < 1.29 is 4.74 Å². The van der Waals surface area contributed by atoms with Gasteiger partial charge in [-0.25, -0.2) is 0 Å². The lowest BCUT2D eigenvalue weighted by molar-refractivity contribution is 0.474. The van der Waals surface area contributed by atoms with Crippen molar-refractivity contribution in [2.24, 2.45) is 0 Å². The van der Waals surface area contributed by atoms with Crippen LogP contribution in [0.5, 0.6) is 11.5 Å². The Morgan fingerprint density at radius 1 is 0.900 bits per heavy atom. The number of hydrogen-bond donors (Lipinski definition) is 1. The summed E-state index contributed by atoms with van der Waals surface area (Å²) in [6, 6.07) is 15.8. The molecular formula is C18H23NO. The van der Waals surface area contributed by atoms with E-state index in [0.29, 0.717) is 0 Å². The predicted molar refractivity (Wildman–Crippen MR) is 85.2 cm³/mol. The summed E-state index contributed by atoms with van der Waals surface area (Å²) in [4.78, 5) is 0. The summed E-state index contributed by atoms with van der Waals surface area (Å²) in [5.41, 5.74) is 7.72. The van der Waals surface area contributed by atoms with Gasteiger partial charge in [0.1, 0.15) is 11.5 Å². The van der Waals surface area contributed by atoms with Crippen molar-refractivity contribution >= 4 is 5.69 Å². The molecule has 0 amide bonds. The van der Waals surface area contributed by atoms with Gasteiger partial charge in [-0.3, -0.25) is 0 Å². The van der Waals surface area contributed by atoms with Crippen LogP contribution >= 0.6 is 0 Å². The summed E-state index contributed by atoms with van der Waals surface area (Å²) in [5.74, 6) is 1.79. The lowest BCUT2D eigenvalue weighted by Crippen LogP contribution is -1.93. The molecule has 0 spiro atoms. The second-order valence-corrected chi connectivity index (χ2v) is 5.09. The van der Waals surface area contributed by atoms with E-state index in [4.69, 9.17) is 10.5 Å². The van der Waals surface area contributed by atoms with Crippen LogP contribution in [0.15, 0.2) is 48.5 Å². The van der Waals surface area contributed by atoms with Gasteiger partial charge in [0.25, 0.3) is 0 Å². The van der Waals surface area contributed by atoms with E-state index in [1.54, 1.807) is 0 Å². The lowest BCUT2D eigenvalue weighted by Gasteiger charge is -2.11. The van der Waals surface area contributed by atoms with Crippen molar-refractivity contribution in [3.8, 4) is 11.5 Å². The minimum atomic E-state index is 0.755. The van der Waals surface area contributed by atoms with Crippen LogP contribution in [0.2, 0.25) is 0 Å². The van der Waals surface area contributed by atoms with Gasteiger partial charge < -0.3 is 10.5 Å². The Bertz CT molecular complexity index is 519. The van der Waals surface area contributed by atoms with Crippen LogP contribution in [-0.4, -0.2) is 0 Å². The highest BCUT2D eigenvalue weighted by Gasteiger charge is 2.04. The van der Waals surface area contributed by atoms with Crippen LogP contribution in [0.25, 0.3) is 0 Å². The quantitative estimate of drug-likeness (QED) is 0.555. The molecule has 2 aromatic rings. The van der Waals surface area contributed by atoms with Crippen molar-refractivity contribution in [2.75, 3.05) is 5.73 Å².